The molecule has 0 saturated heterocycles. The lowest BCUT2D eigenvalue weighted by Gasteiger charge is -2.12. The summed E-state index contributed by atoms with van der Waals surface area (Å²) in [6.07, 6.45) is 0. The number of thiophene rings is 1. The van der Waals surface area contributed by atoms with Crippen LogP contribution in [0.25, 0.3) is 22.3 Å². The minimum absolute atomic E-state index is 0.0836. The van der Waals surface area contributed by atoms with Crippen molar-refractivity contribution in [1.82, 2.24) is 0 Å². The van der Waals surface area contributed by atoms with E-state index in [-0.39, 0.29) is 16.9 Å². The van der Waals surface area contributed by atoms with E-state index in [2.05, 4.69) is 0 Å². The largest absolute Gasteiger partial charge is 0.452 e. The zero-order valence-corrected chi connectivity index (χ0v) is 16.6. The number of aryl methyl sites for hydroxylation is 3. The summed E-state index contributed by atoms with van der Waals surface area (Å²) in [7, 11) is 0. The maximum Gasteiger partial charge on any atom is 0.353 e. The second kappa shape index (κ2) is 7.09. The summed E-state index contributed by atoms with van der Waals surface area (Å²) in [5, 5.41) is 2.19. The number of ether oxygens (including phenoxy) is 1. The van der Waals surface area contributed by atoms with E-state index < -0.39 is 5.97 Å². The molecule has 2 aromatic heterocycles. The highest BCUT2D eigenvalue weighted by molar-refractivity contribution is 7.12. The van der Waals surface area contributed by atoms with E-state index in [1.54, 1.807) is 23.6 Å². The summed E-state index contributed by atoms with van der Waals surface area (Å²) in [5.74, 6) is -0.395. The van der Waals surface area contributed by atoms with Crippen molar-refractivity contribution in [2.45, 2.75) is 20.8 Å². The van der Waals surface area contributed by atoms with Crippen LogP contribution in [-0.4, -0.2) is 5.97 Å². The molecule has 0 saturated carbocycles. The lowest BCUT2D eigenvalue weighted by atomic mass is 10.0. The number of fused-ring (bicyclic) bond motifs is 1. The molecular formula is C23H18O4S. The quantitative estimate of drug-likeness (QED) is 0.423. The van der Waals surface area contributed by atoms with Crippen LogP contribution in [-0.2, 0) is 0 Å². The highest BCUT2D eigenvalue weighted by Gasteiger charge is 2.22. The van der Waals surface area contributed by atoms with Crippen LogP contribution in [0.1, 0.15) is 26.4 Å². The Morgan fingerprint density at radius 1 is 1.00 bits per heavy atom. The van der Waals surface area contributed by atoms with Gasteiger partial charge in [0, 0.05) is 5.56 Å². The summed E-state index contributed by atoms with van der Waals surface area (Å²) < 4.78 is 11.7. The second-order valence-corrected chi connectivity index (χ2v) is 7.73. The Morgan fingerprint density at radius 3 is 2.43 bits per heavy atom. The molecule has 0 bridgehead atoms. The molecule has 0 radical (unpaired) electrons. The molecule has 2 heterocycles. The van der Waals surface area contributed by atoms with Gasteiger partial charge in [-0.15, -0.1) is 11.3 Å². The van der Waals surface area contributed by atoms with Crippen molar-refractivity contribution in [1.29, 1.82) is 0 Å². The fourth-order valence-electron chi connectivity index (χ4n) is 3.16. The molecule has 0 unspecified atom stereocenters. The SMILES string of the molecule is Cc1ccc(-c2oc3c(C)cc(C)cc3c(=O)c2OC(=O)c2cccs2)cc1. The predicted molar refractivity (Wildman–Crippen MR) is 111 cm³/mol. The van der Waals surface area contributed by atoms with Crippen molar-refractivity contribution >= 4 is 28.3 Å². The number of rotatable bonds is 3. The lowest BCUT2D eigenvalue weighted by Crippen LogP contribution is -2.15. The van der Waals surface area contributed by atoms with E-state index in [1.165, 1.54) is 11.3 Å². The first kappa shape index (κ1) is 18.2. The predicted octanol–water partition coefficient (Wildman–Crippen LogP) is 5.67. The molecule has 0 spiro atoms. The first-order chi connectivity index (χ1) is 13.4. The minimum Gasteiger partial charge on any atom is -0.452 e. The van der Waals surface area contributed by atoms with Gasteiger partial charge in [0.1, 0.15) is 10.5 Å². The third kappa shape index (κ3) is 3.25. The Balaban J connectivity index is 1.97. The van der Waals surface area contributed by atoms with Crippen molar-refractivity contribution in [2.75, 3.05) is 0 Å². The topological polar surface area (TPSA) is 56.5 Å². The van der Waals surface area contributed by atoms with Crippen LogP contribution >= 0.6 is 11.3 Å². The van der Waals surface area contributed by atoms with Gasteiger partial charge in [-0.1, -0.05) is 42.0 Å². The Kier molecular flexibility index (Phi) is 4.61. The van der Waals surface area contributed by atoms with Crippen LogP contribution in [0, 0.1) is 20.8 Å². The van der Waals surface area contributed by atoms with E-state index in [1.807, 2.05) is 51.1 Å². The van der Waals surface area contributed by atoms with Crippen LogP contribution in [0.2, 0.25) is 0 Å². The molecule has 28 heavy (non-hydrogen) atoms. The molecule has 2 aromatic carbocycles. The number of benzene rings is 2. The summed E-state index contributed by atoms with van der Waals surface area (Å²) >= 11 is 1.26. The third-order valence-corrected chi connectivity index (χ3v) is 5.36. The van der Waals surface area contributed by atoms with E-state index in [9.17, 15) is 9.59 Å². The molecule has 5 heteroatoms. The van der Waals surface area contributed by atoms with Crippen LogP contribution in [0.3, 0.4) is 0 Å². The van der Waals surface area contributed by atoms with Crippen LogP contribution in [0.15, 0.2) is 63.1 Å². The maximum atomic E-state index is 13.3. The van der Waals surface area contributed by atoms with E-state index in [0.717, 1.165) is 16.7 Å². The molecule has 140 valence electrons. The minimum atomic E-state index is -0.570. The van der Waals surface area contributed by atoms with Crippen molar-refractivity contribution < 1.29 is 13.9 Å². The monoisotopic (exact) mass is 390 g/mol. The Bertz CT molecular complexity index is 1230. The highest BCUT2D eigenvalue weighted by atomic mass is 32.1. The molecule has 0 aliphatic carbocycles. The zero-order valence-electron chi connectivity index (χ0n) is 15.7. The average Bonchev–Trinajstić information content (AvgIpc) is 3.20. The molecule has 4 nitrogen and oxygen atoms in total. The van der Waals surface area contributed by atoms with Crippen molar-refractivity contribution in [3.8, 4) is 17.1 Å². The Hall–Kier alpha value is -3.18. The lowest BCUT2D eigenvalue weighted by molar-refractivity contribution is 0.0736. The smallest absolute Gasteiger partial charge is 0.353 e. The molecule has 0 aliphatic rings. The highest BCUT2D eigenvalue weighted by Crippen LogP contribution is 2.33. The molecule has 4 aromatic rings. The van der Waals surface area contributed by atoms with E-state index in [4.69, 9.17) is 9.15 Å². The van der Waals surface area contributed by atoms with Crippen LogP contribution < -0.4 is 10.2 Å². The molecule has 0 amide bonds. The summed E-state index contributed by atoms with van der Waals surface area (Å²) in [6.45, 7) is 5.79. The van der Waals surface area contributed by atoms with E-state index >= 15 is 0 Å². The number of carbonyl (C=O) groups is 1. The average molecular weight is 390 g/mol. The van der Waals surface area contributed by atoms with Gasteiger partial charge in [-0.25, -0.2) is 4.79 Å². The molecule has 0 N–H and O–H groups in total. The molecule has 4 rings (SSSR count). The van der Waals surface area contributed by atoms with Crippen molar-refractivity contribution in [3.63, 3.8) is 0 Å². The standard InChI is InChI=1S/C23H18O4S/c1-13-6-8-16(9-7-13)21-22(27-23(25)18-5-4-10-28-18)19(24)17-12-14(2)11-15(3)20(17)26-21/h4-12H,1-3H3. The second-order valence-electron chi connectivity index (χ2n) is 6.78. The summed E-state index contributed by atoms with van der Waals surface area (Å²) in [6, 6.07) is 14.7. The fraction of sp³-hybridized carbons (Fsp3) is 0.130. The Morgan fingerprint density at radius 2 is 1.75 bits per heavy atom. The zero-order chi connectivity index (χ0) is 19.8. The van der Waals surface area contributed by atoms with Gasteiger partial charge in [0.05, 0.1) is 5.39 Å². The Labute approximate surface area is 166 Å². The first-order valence-corrected chi connectivity index (χ1v) is 9.73. The van der Waals surface area contributed by atoms with Gasteiger partial charge in [0.2, 0.25) is 11.2 Å². The fourth-order valence-corrected chi connectivity index (χ4v) is 3.76. The van der Waals surface area contributed by atoms with Crippen LogP contribution in [0.4, 0.5) is 0 Å². The van der Waals surface area contributed by atoms with Gasteiger partial charge in [0.25, 0.3) is 0 Å². The maximum absolute atomic E-state index is 13.3. The van der Waals surface area contributed by atoms with Gasteiger partial charge < -0.3 is 9.15 Å². The van der Waals surface area contributed by atoms with Gasteiger partial charge in [-0.2, -0.15) is 0 Å². The number of carbonyl (C=O) groups excluding carboxylic acids is 1. The summed E-state index contributed by atoms with van der Waals surface area (Å²) in [4.78, 5) is 26.2. The molecular weight excluding hydrogens is 372 g/mol. The van der Waals surface area contributed by atoms with Gasteiger partial charge in [0.15, 0.2) is 5.76 Å². The van der Waals surface area contributed by atoms with Gasteiger partial charge in [-0.3, -0.25) is 4.79 Å². The van der Waals surface area contributed by atoms with Gasteiger partial charge in [-0.05, 0) is 49.4 Å². The normalized spacial score (nSPS) is 11.0. The van der Waals surface area contributed by atoms with Crippen molar-refractivity contribution in [2.24, 2.45) is 0 Å². The number of hydrogen-bond acceptors (Lipinski definition) is 5. The first-order valence-electron chi connectivity index (χ1n) is 8.85. The van der Waals surface area contributed by atoms with Gasteiger partial charge >= 0.3 is 5.97 Å². The van der Waals surface area contributed by atoms with Crippen LogP contribution in [0.5, 0.6) is 5.75 Å². The summed E-state index contributed by atoms with van der Waals surface area (Å²) in [5.41, 5.74) is 3.71. The molecule has 0 fully saturated rings. The van der Waals surface area contributed by atoms with Crippen molar-refractivity contribution in [3.05, 3.63) is 85.7 Å². The third-order valence-electron chi connectivity index (χ3n) is 4.51. The molecule has 0 aliphatic heterocycles. The van der Waals surface area contributed by atoms with E-state index in [0.29, 0.717) is 21.4 Å². The number of esters is 1. The number of hydrogen-bond donors (Lipinski definition) is 0. The molecule has 0 atom stereocenters.